The van der Waals surface area contributed by atoms with Crippen molar-refractivity contribution in [3.63, 3.8) is 0 Å². The second-order valence-corrected chi connectivity index (χ2v) is 10.3. The van der Waals surface area contributed by atoms with Gasteiger partial charge in [-0.2, -0.15) is 0 Å². The summed E-state index contributed by atoms with van der Waals surface area (Å²) in [5.41, 5.74) is 1.63. The van der Waals surface area contributed by atoms with Crippen LogP contribution in [-0.4, -0.2) is 72.2 Å². The van der Waals surface area contributed by atoms with Crippen LogP contribution in [0.15, 0.2) is 55.1 Å². The summed E-state index contributed by atoms with van der Waals surface area (Å²) in [6.07, 6.45) is 6.28. The van der Waals surface area contributed by atoms with Crippen LogP contribution in [0.5, 0.6) is 0 Å². The Morgan fingerprint density at radius 3 is 2.89 bits per heavy atom. The summed E-state index contributed by atoms with van der Waals surface area (Å²) in [6, 6.07) is 9.68. The zero-order valence-corrected chi connectivity index (χ0v) is 21.2. The normalized spacial score (nSPS) is 19.6. The molecule has 1 amide bonds. The quantitative estimate of drug-likeness (QED) is 0.192. The highest BCUT2D eigenvalue weighted by molar-refractivity contribution is 7.22. The summed E-state index contributed by atoms with van der Waals surface area (Å²) < 4.78 is 1.07. The van der Waals surface area contributed by atoms with Crippen LogP contribution in [0.4, 0.5) is 11.6 Å². The molecule has 0 saturated carbocycles. The number of amides is 1. The zero-order chi connectivity index (χ0) is 26.0. The third-order valence-electron chi connectivity index (χ3n) is 6.27. The molecule has 5 rings (SSSR count). The fourth-order valence-electron chi connectivity index (χ4n) is 4.14. The van der Waals surface area contributed by atoms with Crippen molar-refractivity contribution in [1.29, 1.82) is 0 Å². The van der Waals surface area contributed by atoms with Crippen LogP contribution in [-0.2, 0) is 4.79 Å². The molecule has 4 aromatic rings. The van der Waals surface area contributed by atoms with Crippen molar-refractivity contribution in [2.24, 2.45) is 0 Å². The van der Waals surface area contributed by atoms with Gasteiger partial charge in [-0.1, -0.05) is 0 Å². The third kappa shape index (κ3) is 5.53. The van der Waals surface area contributed by atoms with Gasteiger partial charge in [-0.15, -0.1) is 11.3 Å². The van der Waals surface area contributed by atoms with Gasteiger partial charge in [0.25, 0.3) is 0 Å². The number of benzene rings is 1. The summed E-state index contributed by atoms with van der Waals surface area (Å²) in [5, 5.41) is 30.0. The van der Waals surface area contributed by atoms with Crippen LogP contribution in [0, 0.1) is 0 Å². The Bertz CT molecular complexity index is 1420. The molecule has 0 aliphatic carbocycles. The van der Waals surface area contributed by atoms with Crippen LogP contribution in [0.1, 0.15) is 19.5 Å². The summed E-state index contributed by atoms with van der Waals surface area (Å²) in [4.78, 5) is 30.8. The van der Waals surface area contributed by atoms with Crippen molar-refractivity contribution in [2.75, 3.05) is 23.7 Å². The van der Waals surface area contributed by atoms with E-state index in [9.17, 15) is 15.0 Å². The molecule has 11 nitrogen and oxygen atoms in total. The number of carbonyl (C=O) groups excluding carboxylic acids is 1. The number of H-pyrrole nitrogens is 1. The molecule has 4 heterocycles. The lowest BCUT2D eigenvalue weighted by atomic mass is 10.0. The number of aliphatic hydroxyl groups excluding tert-OH is 2. The molecule has 12 heteroatoms. The lowest BCUT2D eigenvalue weighted by Gasteiger charge is -2.33. The van der Waals surface area contributed by atoms with Crippen LogP contribution < -0.4 is 16.0 Å². The van der Waals surface area contributed by atoms with E-state index in [1.54, 1.807) is 41.0 Å². The zero-order valence-electron chi connectivity index (χ0n) is 20.3. The van der Waals surface area contributed by atoms with Gasteiger partial charge >= 0.3 is 0 Å². The number of aromatic amines is 1. The fourth-order valence-corrected chi connectivity index (χ4v) is 5.15. The molecular formula is C25H28N8O3S. The Morgan fingerprint density at radius 1 is 1.27 bits per heavy atom. The largest absolute Gasteiger partial charge is 0.377 e. The third-order valence-corrected chi connectivity index (χ3v) is 7.41. The number of nitrogens with one attached hydrogen (secondary N) is 4. The van der Waals surface area contributed by atoms with E-state index in [1.807, 2.05) is 44.2 Å². The molecule has 6 N–H and O–H groups in total. The van der Waals surface area contributed by atoms with Gasteiger partial charge < -0.3 is 25.8 Å². The predicted molar refractivity (Wildman–Crippen MR) is 144 cm³/mol. The molecule has 3 aromatic heterocycles. The van der Waals surface area contributed by atoms with Crippen molar-refractivity contribution < 1.29 is 15.0 Å². The van der Waals surface area contributed by atoms with Gasteiger partial charge in [0.2, 0.25) is 11.9 Å². The highest BCUT2D eigenvalue weighted by Crippen LogP contribution is 2.34. The minimum Gasteiger partial charge on any atom is -0.377 e. The number of carbonyl (C=O) groups is 1. The maximum Gasteiger partial charge on any atom is 0.248 e. The molecule has 1 fully saturated rings. The lowest BCUT2D eigenvalue weighted by molar-refractivity contribution is -0.111. The average molecular weight is 521 g/mol. The van der Waals surface area contributed by atoms with E-state index in [2.05, 4.69) is 35.9 Å². The molecule has 2 unspecified atom stereocenters. The second kappa shape index (κ2) is 10.4. The van der Waals surface area contributed by atoms with Crippen molar-refractivity contribution in [2.45, 2.75) is 32.0 Å². The first kappa shape index (κ1) is 25.0. The van der Waals surface area contributed by atoms with Crippen molar-refractivity contribution in [1.82, 2.24) is 30.2 Å². The van der Waals surface area contributed by atoms with Gasteiger partial charge in [-0.3, -0.25) is 15.0 Å². The lowest BCUT2D eigenvalue weighted by Crippen LogP contribution is -2.49. The molecule has 1 aromatic carbocycles. The molecule has 0 bridgehead atoms. The van der Waals surface area contributed by atoms with Crippen LogP contribution >= 0.6 is 11.3 Å². The van der Waals surface area contributed by atoms with E-state index in [0.29, 0.717) is 24.7 Å². The Balaban J connectivity index is 1.23. The summed E-state index contributed by atoms with van der Waals surface area (Å²) in [5.74, 6) is 0.248. The van der Waals surface area contributed by atoms with Gasteiger partial charge in [0, 0.05) is 35.7 Å². The molecule has 192 valence electrons. The highest BCUT2D eigenvalue weighted by atomic mass is 32.1. The van der Waals surface area contributed by atoms with Crippen LogP contribution in [0.25, 0.3) is 26.7 Å². The monoisotopic (exact) mass is 520 g/mol. The molecule has 37 heavy (non-hydrogen) atoms. The molecule has 2 atom stereocenters. The number of nitrogens with zero attached hydrogens (tertiary/aromatic N) is 4. The van der Waals surface area contributed by atoms with Gasteiger partial charge in [-0.25, -0.2) is 15.0 Å². The second-order valence-electron chi connectivity index (χ2n) is 9.17. The van der Waals surface area contributed by atoms with Gasteiger partial charge in [0.05, 0.1) is 34.3 Å². The fraction of sp³-hybridized carbons (Fsp3) is 0.280. The maximum absolute atomic E-state index is 12.3. The molecule has 1 saturated heterocycles. The van der Waals surface area contributed by atoms with E-state index in [0.717, 1.165) is 26.4 Å². The first-order chi connectivity index (χ1) is 17.8. The Kier molecular flexibility index (Phi) is 7.00. The number of aliphatic hydroxyl groups is 2. The Morgan fingerprint density at radius 2 is 2.14 bits per heavy atom. The van der Waals surface area contributed by atoms with Crippen molar-refractivity contribution >= 4 is 45.0 Å². The first-order valence-corrected chi connectivity index (χ1v) is 12.6. The number of anilines is 2. The molecule has 1 aliphatic rings. The molecular weight excluding hydrogens is 492 g/mol. The van der Waals surface area contributed by atoms with E-state index in [1.165, 1.54) is 6.08 Å². The topological polar surface area (TPSA) is 151 Å². The maximum atomic E-state index is 12.3. The number of aromatic nitrogens is 4. The molecule has 1 aliphatic heterocycles. The number of imidazole rings is 1. The van der Waals surface area contributed by atoms with Gasteiger partial charge in [-0.05, 0) is 55.6 Å². The minimum atomic E-state index is -0.917. The first-order valence-electron chi connectivity index (χ1n) is 11.8. The van der Waals surface area contributed by atoms with Crippen LogP contribution in [0.3, 0.4) is 0 Å². The summed E-state index contributed by atoms with van der Waals surface area (Å²) >= 11 is 1.61. The standard InChI is InChI=1S/C25H28N8O3S/c1-25(2)22(35)32-24(36)33(25)10-9-28-23-27-8-7-18(31-23)20-12-15-11-16(3-5-19(15)37-20)30-21(34)6-4-17-13-26-14-29-17/h3-8,11-14,22,24,32,35-36H,9-10H2,1-2H3,(H,26,29)(H,30,34)(H,27,28,31)/b6-4+. The number of rotatable bonds is 8. The predicted octanol–water partition coefficient (Wildman–Crippen LogP) is 2.42. The van der Waals surface area contributed by atoms with Crippen molar-refractivity contribution in [3.8, 4) is 10.6 Å². The van der Waals surface area contributed by atoms with Gasteiger partial charge in [0.15, 0.2) is 6.35 Å². The minimum absolute atomic E-state index is 0.231. The SMILES string of the molecule is CC1(C)C(O)NC(O)N1CCNc1nccc(-c2cc3cc(NC(=O)/C=C/c4cnc[nH]4)ccc3s2)n1. The Hall–Kier alpha value is -3.68. The summed E-state index contributed by atoms with van der Waals surface area (Å²) in [6.45, 7) is 4.71. The van der Waals surface area contributed by atoms with E-state index >= 15 is 0 Å². The number of hydrogen-bond donors (Lipinski definition) is 6. The summed E-state index contributed by atoms with van der Waals surface area (Å²) in [7, 11) is 0. The van der Waals surface area contributed by atoms with E-state index < -0.39 is 18.1 Å². The van der Waals surface area contributed by atoms with E-state index in [-0.39, 0.29) is 5.91 Å². The number of hydrogen-bond acceptors (Lipinski definition) is 10. The van der Waals surface area contributed by atoms with E-state index in [4.69, 9.17) is 0 Å². The smallest absolute Gasteiger partial charge is 0.248 e. The average Bonchev–Trinajstić information content (AvgIpc) is 3.58. The highest BCUT2D eigenvalue weighted by Gasteiger charge is 2.45. The Labute approximate surface area is 217 Å². The molecule has 0 spiro atoms. The van der Waals surface area contributed by atoms with Crippen molar-refractivity contribution in [3.05, 3.63) is 60.8 Å². The number of thiophene rings is 1. The van der Waals surface area contributed by atoms with Gasteiger partial charge in [0.1, 0.15) is 6.23 Å². The van der Waals surface area contributed by atoms with Crippen LogP contribution in [0.2, 0.25) is 0 Å². The molecule has 0 radical (unpaired) electrons. The number of fused-ring (bicyclic) bond motifs is 1.